The molecule has 0 saturated heterocycles. The lowest BCUT2D eigenvalue weighted by molar-refractivity contribution is 0.596. The van der Waals surface area contributed by atoms with Crippen LogP contribution >= 0.6 is 34.4 Å². The zero-order chi connectivity index (χ0) is 42.0. The molecule has 0 N–H and O–H groups in total. The minimum absolute atomic E-state index is 0.0408. The first kappa shape index (κ1) is 37.2. The summed E-state index contributed by atoms with van der Waals surface area (Å²) in [5, 5.41) is 5.26. The van der Waals surface area contributed by atoms with Gasteiger partial charge in [-0.05, 0) is 110 Å². The van der Waals surface area contributed by atoms with E-state index in [9.17, 15) is 0 Å². The molecule has 0 radical (unpaired) electrons. The van der Waals surface area contributed by atoms with Crippen molar-refractivity contribution >= 4 is 91.8 Å². The zero-order valence-electron chi connectivity index (χ0n) is 35.1. The molecule has 1 nitrogen and oxygen atoms in total. The van der Waals surface area contributed by atoms with E-state index in [0.717, 1.165) is 5.69 Å². The molecule has 9 aromatic carbocycles. The lowest BCUT2D eigenvalue weighted by atomic mass is 9.67. The molecular formula is C59H41NS3. The molecule has 0 unspecified atom stereocenters. The first-order valence-electron chi connectivity index (χ1n) is 21.7. The Labute approximate surface area is 379 Å². The second-order valence-electron chi connectivity index (χ2n) is 18.0. The summed E-state index contributed by atoms with van der Waals surface area (Å²) in [6.07, 6.45) is 0. The fourth-order valence-corrected chi connectivity index (χ4v) is 14.4. The van der Waals surface area contributed by atoms with Gasteiger partial charge in [0.2, 0.25) is 0 Å². The molecule has 0 fully saturated rings. The molecule has 1 aliphatic heterocycles. The number of nitrogens with zero attached hydrogens (tertiary/aromatic N) is 1. The monoisotopic (exact) mass is 859 g/mol. The molecule has 0 bridgehead atoms. The van der Waals surface area contributed by atoms with Crippen LogP contribution in [0.15, 0.2) is 204 Å². The maximum atomic E-state index is 2.60. The first-order valence-corrected chi connectivity index (χ1v) is 24.2. The molecule has 13 rings (SSSR count). The van der Waals surface area contributed by atoms with E-state index in [2.05, 4.69) is 220 Å². The van der Waals surface area contributed by atoms with Crippen LogP contribution in [-0.2, 0) is 10.8 Å². The van der Waals surface area contributed by atoms with Crippen molar-refractivity contribution in [1.82, 2.24) is 0 Å². The summed E-state index contributed by atoms with van der Waals surface area (Å²) in [7, 11) is 0. The first-order chi connectivity index (χ1) is 30.9. The third kappa shape index (κ3) is 5.35. The van der Waals surface area contributed by atoms with Gasteiger partial charge in [-0.25, -0.2) is 0 Å². The highest BCUT2D eigenvalue weighted by Crippen LogP contribution is 2.63. The van der Waals surface area contributed by atoms with Gasteiger partial charge in [0.05, 0.1) is 21.5 Å². The van der Waals surface area contributed by atoms with Gasteiger partial charge in [0.1, 0.15) is 0 Å². The standard InChI is InChI=1S/C59H41NS3/c1-58(2,3)47-31-32-49(57-55(47)41-20-9-13-25-50(41)63-57)60(48-24-15-27-53-56(48)42-34-37(28-33-51(42)61-53)36-16-5-4-6-17-36)38-29-30-46-54(35-38)62-52-26-14-12-23-45(52)59(46)43-21-10-7-18-39(43)40-19-8-11-22-44(40)59/h4-35H,1-3H3. The summed E-state index contributed by atoms with van der Waals surface area (Å²) in [5.41, 5.74) is 15.0. The molecule has 11 aromatic rings. The van der Waals surface area contributed by atoms with E-state index in [0.29, 0.717) is 0 Å². The van der Waals surface area contributed by atoms with Gasteiger partial charge >= 0.3 is 0 Å². The molecule has 0 amide bonds. The van der Waals surface area contributed by atoms with Gasteiger partial charge in [-0.3, -0.25) is 0 Å². The Balaban J connectivity index is 1.12. The van der Waals surface area contributed by atoms with Crippen molar-refractivity contribution in [3.8, 4) is 22.3 Å². The predicted molar refractivity (Wildman–Crippen MR) is 272 cm³/mol. The molecule has 1 aliphatic carbocycles. The smallest absolute Gasteiger partial charge is 0.0735 e. The third-order valence-corrected chi connectivity index (χ3v) is 16.9. The number of fused-ring (bicyclic) bond motifs is 15. The number of benzene rings is 9. The van der Waals surface area contributed by atoms with Crippen molar-refractivity contribution in [3.63, 3.8) is 0 Å². The largest absolute Gasteiger partial charge is 0.308 e. The normalized spacial score (nSPS) is 13.7. The summed E-state index contributed by atoms with van der Waals surface area (Å²) in [5.74, 6) is 0. The van der Waals surface area contributed by atoms with E-state index < -0.39 is 5.41 Å². The van der Waals surface area contributed by atoms with Crippen molar-refractivity contribution in [2.75, 3.05) is 4.90 Å². The van der Waals surface area contributed by atoms with Gasteiger partial charge in [-0.15, -0.1) is 22.7 Å². The SMILES string of the molecule is CC(C)(C)c1ccc(N(c2ccc3c(c2)Sc2ccccc2C32c3ccccc3-c3ccccc32)c2cccc3sc4ccc(-c5ccccc5)cc4c23)c2sc3ccccc3c12. The maximum Gasteiger partial charge on any atom is 0.0735 e. The van der Waals surface area contributed by atoms with Crippen LogP contribution in [0, 0.1) is 0 Å². The van der Waals surface area contributed by atoms with Crippen molar-refractivity contribution in [1.29, 1.82) is 0 Å². The van der Waals surface area contributed by atoms with Crippen LogP contribution in [0.3, 0.4) is 0 Å². The number of anilines is 3. The van der Waals surface area contributed by atoms with Crippen molar-refractivity contribution in [3.05, 3.63) is 222 Å². The number of hydrogen-bond acceptors (Lipinski definition) is 4. The Morgan fingerprint density at radius 2 is 1.10 bits per heavy atom. The Hall–Kier alpha value is -6.43. The minimum Gasteiger partial charge on any atom is -0.308 e. The Bertz CT molecular complexity index is 3610. The Kier molecular flexibility index (Phi) is 8.13. The number of thiophene rings is 2. The predicted octanol–water partition coefficient (Wildman–Crippen LogP) is 17.7. The molecule has 300 valence electrons. The van der Waals surface area contributed by atoms with Gasteiger partial charge in [0, 0.05) is 51.1 Å². The third-order valence-electron chi connectivity index (χ3n) is 13.5. The molecule has 0 saturated carbocycles. The lowest BCUT2D eigenvalue weighted by Crippen LogP contribution is -2.32. The molecule has 1 spiro atoms. The van der Waals surface area contributed by atoms with Gasteiger partial charge in [-0.1, -0.05) is 172 Å². The summed E-state index contributed by atoms with van der Waals surface area (Å²) in [6.45, 7) is 7.05. The van der Waals surface area contributed by atoms with E-state index in [1.807, 2.05) is 34.4 Å². The highest BCUT2D eigenvalue weighted by atomic mass is 32.2. The summed E-state index contributed by atoms with van der Waals surface area (Å²) in [4.78, 5) is 5.19. The molecule has 4 heteroatoms. The highest BCUT2D eigenvalue weighted by Gasteiger charge is 2.50. The molecule has 2 aromatic heterocycles. The fraction of sp³-hybridized carbons (Fsp3) is 0.0847. The van der Waals surface area contributed by atoms with Crippen LogP contribution in [0.5, 0.6) is 0 Å². The molecule has 2 aliphatic rings. The van der Waals surface area contributed by atoms with E-state index in [1.165, 1.54) is 112 Å². The maximum absolute atomic E-state index is 2.60. The van der Waals surface area contributed by atoms with Crippen LogP contribution in [0.4, 0.5) is 17.1 Å². The average molecular weight is 860 g/mol. The van der Waals surface area contributed by atoms with E-state index in [-0.39, 0.29) is 5.41 Å². The second-order valence-corrected chi connectivity index (χ2v) is 21.2. The molecular weight excluding hydrogens is 819 g/mol. The number of hydrogen-bond donors (Lipinski definition) is 0. The zero-order valence-corrected chi connectivity index (χ0v) is 37.6. The quantitative estimate of drug-likeness (QED) is 0.173. The van der Waals surface area contributed by atoms with Gasteiger partial charge in [0.15, 0.2) is 0 Å². The average Bonchev–Trinajstić information content (AvgIpc) is 3.98. The van der Waals surface area contributed by atoms with Crippen LogP contribution in [0.2, 0.25) is 0 Å². The van der Waals surface area contributed by atoms with Crippen molar-refractivity contribution in [2.24, 2.45) is 0 Å². The number of rotatable bonds is 4. The van der Waals surface area contributed by atoms with Gasteiger partial charge < -0.3 is 4.90 Å². The Morgan fingerprint density at radius 3 is 1.89 bits per heavy atom. The minimum atomic E-state index is -0.432. The highest BCUT2D eigenvalue weighted by molar-refractivity contribution is 7.99. The van der Waals surface area contributed by atoms with Gasteiger partial charge in [-0.2, -0.15) is 0 Å². The van der Waals surface area contributed by atoms with Crippen molar-refractivity contribution in [2.45, 2.75) is 41.4 Å². The van der Waals surface area contributed by atoms with Crippen molar-refractivity contribution < 1.29 is 0 Å². The summed E-state index contributed by atoms with van der Waals surface area (Å²) in [6, 6.07) is 73.2. The van der Waals surface area contributed by atoms with E-state index in [4.69, 9.17) is 0 Å². The van der Waals surface area contributed by atoms with E-state index in [1.54, 1.807) is 0 Å². The lowest BCUT2D eigenvalue weighted by Gasteiger charge is -2.40. The van der Waals surface area contributed by atoms with Crippen LogP contribution in [0.1, 0.15) is 48.6 Å². The Morgan fingerprint density at radius 1 is 0.429 bits per heavy atom. The summed E-state index contributed by atoms with van der Waals surface area (Å²) >= 11 is 5.72. The van der Waals surface area contributed by atoms with Crippen LogP contribution in [0.25, 0.3) is 62.6 Å². The van der Waals surface area contributed by atoms with E-state index >= 15 is 0 Å². The van der Waals surface area contributed by atoms with Crippen LogP contribution in [-0.4, -0.2) is 0 Å². The molecule has 3 heterocycles. The van der Waals surface area contributed by atoms with Gasteiger partial charge in [0.25, 0.3) is 0 Å². The van der Waals surface area contributed by atoms with Crippen LogP contribution < -0.4 is 4.90 Å². The molecule has 63 heavy (non-hydrogen) atoms. The topological polar surface area (TPSA) is 3.24 Å². The molecule has 0 atom stereocenters. The second kappa shape index (κ2) is 13.8. The fourth-order valence-electron chi connectivity index (χ4n) is 10.8. The summed E-state index contributed by atoms with van der Waals surface area (Å²) < 4.78 is 5.22.